The molecule has 116 valence electrons. The van der Waals surface area contributed by atoms with E-state index in [1.54, 1.807) is 6.33 Å². The summed E-state index contributed by atoms with van der Waals surface area (Å²) >= 11 is 0. The summed E-state index contributed by atoms with van der Waals surface area (Å²) in [5.74, 6) is 1.27. The molecule has 0 aromatic carbocycles. The molecule has 22 heavy (non-hydrogen) atoms. The summed E-state index contributed by atoms with van der Waals surface area (Å²) < 4.78 is 2.03. The second-order valence-corrected chi connectivity index (χ2v) is 6.19. The van der Waals surface area contributed by atoms with Crippen molar-refractivity contribution in [3.05, 3.63) is 18.5 Å². The largest absolute Gasteiger partial charge is 0.396 e. The number of imidazole rings is 1. The van der Waals surface area contributed by atoms with E-state index in [1.165, 1.54) is 0 Å². The van der Waals surface area contributed by atoms with Crippen LogP contribution in [0.25, 0.3) is 11.2 Å². The van der Waals surface area contributed by atoms with E-state index in [0.29, 0.717) is 6.04 Å². The van der Waals surface area contributed by atoms with Crippen LogP contribution in [0.15, 0.2) is 18.5 Å². The zero-order chi connectivity index (χ0) is 15.1. The van der Waals surface area contributed by atoms with Crippen LogP contribution in [0.1, 0.15) is 31.7 Å². The van der Waals surface area contributed by atoms with Crippen LogP contribution in [0.2, 0.25) is 0 Å². The molecule has 2 atom stereocenters. The Kier molecular flexibility index (Phi) is 3.22. The highest BCUT2D eigenvalue weighted by Crippen LogP contribution is 2.32. The number of hydrogen-bond donors (Lipinski definition) is 3. The lowest BCUT2D eigenvalue weighted by Gasteiger charge is -2.24. The molecule has 4 N–H and O–H groups in total. The van der Waals surface area contributed by atoms with Crippen molar-refractivity contribution in [3.8, 4) is 0 Å². The number of aliphatic hydroxyl groups is 1. The van der Waals surface area contributed by atoms with Crippen LogP contribution in [-0.2, 0) is 0 Å². The average molecular weight is 300 g/mol. The molecule has 2 aliphatic rings. The molecule has 2 aliphatic carbocycles. The maximum Gasteiger partial charge on any atom is 0.224 e. The maximum absolute atomic E-state index is 9.40. The van der Waals surface area contributed by atoms with Gasteiger partial charge in [-0.1, -0.05) is 12.2 Å². The van der Waals surface area contributed by atoms with Gasteiger partial charge >= 0.3 is 0 Å². The van der Waals surface area contributed by atoms with Crippen LogP contribution < -0.4 is 11.1 Å². The lowest BCUT2D eigenvalue weighted by Crippen LogP contribution is -2.18. The summed E-state index contributed by atoms with van der Waals surface area (Å²) in [4.78, 5) is 13.2. The predicted octanol–water partition coefficient (Wildman–Crippen LogP) is 1.48. The first-order valence-electron chi connectivity index (χ1n) is 7.78. The number of nitrogens with one attached hydrogen (secondary N) is 1. The van der Waals surface area contributed by atoms with Crippen molar-refractivity contribution in [2.24, 2.45) is 5.92 Å². The van der Waals surface area contributed by atoms with Gasteiger partial charge in [-0.05, 0) is 31.6 Å². The number of anilines is 2. The molecule has 7 heteroatoms. The number of rotatable bonds is 4. The van der Waals surface area contributed by atoms with Gasteiger partial charge in [0.2, 0.25) is 5.95 Å². The van der Waals surface area contributed by atoms with Gasteiger partial charge in [0.05, 0.1) is 12.4 Å². The molecule has 0 bridgehead atoms. The molecule has 0 unspecified atom stereocenters. The van der Waals surface area contributed by atoms with Gasteiger partial charge in [0.1, 0.15) is 0 Å². The number of nitrogens with zero attached hydrogens (tertiary/aromatic N) is 4. The van der Waals surface area contributed by atoms with Crippen molar-refractivity contribution in [3.63, 3.8) is 0 Å². The van der Waals surface area contributed by atoms with Crippen molar-refractivity contribution in [2.45, 2.75) is 37.8 Å². The van der Waals surface area contributed by atoms with Gasteiger partial charge in [-0.2, -0.15) is 9.97 Å². The number of aliphatic hydroxyl groups excluding tert-OH is 1. The highest BCUT2D eigenvalue weighted by molar-refractivity contribution is 5.84. The third kappa shape index (κ3) is 2.41. The summed E-state index contributed by atoms with van der Waals surface area (Å²) in [6.45, 7) is 0.207. The van der Waals surface area contributed by atoms with Gasteiger partial charge < -0.3 is 20.7 Å². The van der Waals surface area contributed by atoms with Crippen molar-refractivity contribution in [1.29, 1.82) is 0 Å². The Labute approximate surface area is 128 Å². The van der Waals surface area contributed by atoms with Crippen molar-refractivity contribution >= 4 is 22.9 Å². The maximum atomic E-state index is 9.40. The Morgan fingerprint density at radius 2 is 2.23 bits per heavy atom. The third-order valence-electron chi connectivity index (χ3n) is 4.37. The van der Waals surface area contributed by atoms with Crippen molar-refractivity contribution in [1.82, 2.24) is 19.5 Å². The minimum atomic E-state index is 0.152. The minimum Gasteiger partial charge on any atom is -0.396 e. The van der Waals surface area contributed by atoms with Gasteiger partial charge in [0.15, 0.2) is 17.0 Å². The topological polar surface area (TPSA) is 102 Å². The van der Waals surface area contributed by atoms with E-state index in [4.69, 9.17) is 5.73 Å². The third-order valence-corrected chi connectivity index (χ3v) is 4.37. The number of nitrogens with two attached hydrogens (primary N) is 1. The first kappa shape index (κ1) is 13.5. The van der Waals surface area contributed by atoms with E-state index in [0.717, 1.165) is 42.7 Å². The van der Waals surface area contributed by atoms with Gasteiger partial charge in [-0.15, -0.1) is 0 Å². The summed E-state index contributed by atoms with van der Waals surface area (Å²) in [5.41, 5.74) is 7.39. The molecular weight excluding hydrogens is 280 g/mol. The molecule has 2 aromatic rings. The molecule has 1 saturated carbocycles. The monoisotopic (exact) mass is 300 g/mol. The fraction of sp³-hybridized carbons (Fsp3) is 0.533. The lowest BCUT2D eigenvalue weighted by molar-refractivity contribution is 0.204. The molecule has 2 heterocycles. The second-order valence-electron chi connectivity index (χ2n) is 6.19. The molecule has 7 nitrogen and oxygen atoms in total. The van der Waals surface area contributed by atoms with Crippen molar-refractivity contribution in [2.75, 3.05) is 17.7 Å². The summed E-state index contributed by atoms with van der Waals surface area (Å²) in [7, 11) is 0. The van der Waals surface area contributed by atoms with Gasteiger partial charge in [-0.3, -0.25) is 0 Å². The Hall–Kier alpha value is -2.15. The van der Waals surface area contributed by atoms with E-state index >= 15 is 0 Å². The molecule has 0 radical (unpaired) electrons. The first-order chi connectivity index (χ1) is 10.7. The van der Waals surface area contributed by atoms with Crippen LogP contribution in [0.3, 0.4) is 0 Å². The van der Waals surface area contributed by atoms with Gasteiger partial charge in [0, 0.05) is 12.6 Å². The van der Waals surface area contributed by atoms with E-state index in [9.17, 15) is 5.11 Å². The number of allylic oxidation sites excluding steroid dienone is 2. The van der Waals surface area contributed by atoms with Crippen LogP contribution >= 0.6 is 0 Å². The normalized spacial score (nSPS) is 24.8. The average Bonchev–Trinajstić information content (AvgIpc) is 3.24. The lowest BCUT2D eigenvalue weighted by atomic mass is 9.91. The number of fused-ring (bicyclic) bond motifs is 1. The minimum absolute atomic E-state index is 0.152. The van der Waals surface area contributed by atoms with Crippen LogP contribution in [-0.4, -0.2) is 37.3 Å². The predicted molar refractivity (Wildman–Crippen MR) is 84.4 cm³/mol. The number of aromatic nitrogens is 4. The van der Waals surface area contributed by atoms with E-state index in [-0.39, 0.29) is 24.5 Å². The smallest absolute Gasteiger partial charge is 0.224 e. The fourth-order valence-electron chi connectivity index (χ4n) is 3.00. The van der Waals surface area contributed by atoms with Gasteiger partial charge in [-0.25, -0.2) is 4.98 Å². The van der Waals surface area contributed by atoms with E-state index in [2.05, 4.69) is 32.4 Å². The quantitative estimate of drug-likeness (QED) is 0.739. The molecule has 1 fully saturated rings. The Balaban J connectivity index is 1.74. The summed E-state index contributed by atoms with van der Waals surface area (Å²) in [6.07, 6.45) is 10.2. The number of nitrogen functional groups attached to an aromatic ring is 1. The molecule has 0 aliphatic heterocycles. The van der Waals surface area contributed by atoms with Crippen LogP contribution in [0, 0.1) is 5.92 Å². The number of hydrogen-bond acceptors (Lipinski definition) is 6. The highest BCUT2D eigenvalue weighted by Gasteiger charge is 2.25. The van der Waals surface area contributed by atoms with Crippen molar-refractivity contribution < 1.29 is 5.11 Å². The standard InChI is InChI=1S/C15H20N6O/c16-15-19-13(18-10-4-5-10)12-14(20-15)21(8-17-12)11-3-1-2-9(6-11)7-22/h1,3,8-11,22H,2,4-7H2,(H3,16,18,19,20)/t9-,11+/m1/s1. The Bertz CT molecular complexity index is 720. The van der Waals surface area contributed by atoms with E-state index < -0.39 is 0 Å². The summed E-state index contributed by atoms with van der Waals surface area (Å²) in [6, 6.07) is 0.634. The van der Waals surface area contributed by atoms with Crippen LogP contribution in [0.5, 0.6) is 0 Å². The fourth-order valence-corrected chi connectivity index (χ4v) is 3.00. The first-order valence-corrected chi connectivity index (χ1v) is 7.78. The Morgan fingerprint density at radius 1 is 1.36 bits per heavy atom. The zero-order valence-corrected chi connectivity index (χ0v) is 12.3. The highest BCUT2D eigenvalue weighted by atomic mass is 16.3. The SMILES string of the molecule is Nc1nc(NC2CC2)c2ncn([C@H]3C=CC[C@@H](CO)C3)c2n1. The second kappa shape index (κ2) is 5.24. The molecule has 0 spiro atoms. The van der Waals surface area contributed by atoms with Crippen LogP contribution in [0.4, 0.5) is 11.8 Å². The molecule has 0 amide bonds. The van der Waals surface area contributed by atoms with Gasteiger partial charge in [0.25, 0.3) is 0 Å². The van der Waals surface area contributed by atoms with E-state index in [1.807, 2.05) is 4.57 Å². The molecular formula is C15H20N6O. The Morgan fingerprint density at radius 3 is 3.00 bits per heavy atom. The molecule has 2 aromatic heterocycles. The summed E-state index contributed by atoms with van der Waals surface area (Å²) in [5, 5.41) is 12.8. The molecule has 4 rings (SSSR count). The zero-order valence-electron chi connectivity index (χ0n) is 12.3. The molecule has 0 saturated heterocycles.